The molecule has 11 heavy (non-hydrogen) atoms. The molecular formula is C9H10N2. The molecule has 2 nitrogen and oxygen atoms in total. The molecule has 0 radical (unpaired) electrons. The fourth-order valence-electron chi connectivity index (χ4n) is 0.877. The Bertz CT molecular complexity index is 297. The average molecular weight is 146 g/mol. The zero-order chi connectivity index (χ0) is 8.27. The van der Waals surface area contributed by atoms with E-state index in [1.54, 1.807) is 6.20 Å². The predicted octanol–water partition coefficient (Wildman–Crippen LogP) is 0.830. The topological polar surface area (TPSA) is 38.9 Å². The second kappa shape index (κ2) is 3.18. The minimum Gasteiger partial charge on any atom is -0.325 e. The van der Waals surface area contributed by atoms with Crippen molar-refractivity contribution in [3.05, 3.63) is 29.1 Å². The van der Waals surface area contributed by atoms with Gasteiger partial charge >= 0.3 is 0 Å². The van der Waals surface area contributed by atoms with E-state index in [4.69, 9.17) is 12.2 Å². The van der Waals surface area contributed by atoms with Gasteiger partial charge in [0.1, 0.15) is 0 Å². The van der Waals surface area contributed by atoms with Gasteiger partial charge in [-0.25, -0.2) is 0 Å². The molecule has 2 heteroatoms. The maximum Gasteiger partial charge on any atom is 0.0543 e. The molecule has 0 spiro atoms. The van der Waals surface area contributed by atoms with E-state index in [0.29, 0.717) is 6.54 Å². The Labute approximate surface area is 66.4 Å². The van der Waals surface area contributed by atoms with Gasteiger partial charge < -0.3 is 5.73 Å². The highest BCUT2D eigenvalue weighted by atomic mass is 14.7. The number of terminal acetylenes is 1. The van der Waals surface area contributed by atoms with Crippen LogP contribution in [-0.2, 0) is 6.54 Å². The highest BCUT2D eigenvalue weighted by molar-refractivity contribution is 5.37. The van der Waals surface area contributed by atoms with Gasteiger partial charge in [0, 0.05) is 18.3 Å². The number of nitrogens with two attached hydrogens (primary N) is 1. The smallest absolute Gasteiger partial charge is 0.0543 e. The molecule has 0 unspecified atom stereocenters. The van der Waals surface area contributed by atoms with E-state index in [9.17, 15) is 0 Å². The Kier molecular flexibility index (Phi) is 2.25. The van der Waals surface area contributed by atoms with E-state index in [0.717, 1.165) is 16.8 Å². The summed E-state index contributed by atoms with van der Waals surface area (Å²) in [4.78, 5) is 4.06. The van der Waals surface area contributed by atoms with Gasteiger partial charge in [0.05, 0.1) is 5.69 Å². The number of hydrogen-bond acceptors (Lipinski definition) is 2. The number of nitrogens with zero attached hydrogens (tertiary/aromatic N) is 1. The third-order valence-corrected chi connectivity index (χ3v) is 1.53. The second-order valence-corrected chi connectivity index (χ2v) is 2.34. The second-order valence-electron chi connectivity index (χ2n) is 2.34. The van der Waals surface area contributed by atoms with Gasteiger partial charge in [0.25, 0.3) is 0 Å². The maximum atomic E-state index is 5.40. The van der Waals surface area contributed by atoms with Crippen molar-refractivity contribution in [1.29, 1.82) is 0 Å². The number of aromatic nitrogens is 1. The van der Waals surface area contributed by atoms with Crippen LogP contribution < -0.4 is 5.73 Å². The van der Waals surface area contributed by atoms with Gasteiger partial charge in [0.15, 0.2) is 0 Å². The molecule has 1 heterocycles. The molecule has 0 amide bonds. The lowest BCUT2D eigenvalue weighted by atomic mass is 10.1. The van der Waals surface area contributed by atoms with Crippen LogP contribution in [0.2, 0.25) is 0 Å². The molecule has 0 atom stereocenters. The molecule has 0 saturated heterocycles. The minimum absolute atomic E-state index is 0.464. The standard InChI is InChI=1S/C9H10N2/c1-3-8-6-11-9(5-10)4-7(8)2/h1,4,6H,5,10H2,2H3. The van der Waals surface area contributed by atoms with Gasteiger partial charge in [-0.05, 0) is 18.6 Å². The van der Waals surface area contributed by atoms with Crippen LogP contribution in [0.5, 0.6) is 0 Å². The lowest BCUT2D eigenvalue weighted by Gasteiger charge is -1.99. The molecule has 0 aliphatic rings. The molecule has 0 aliphatic carbocycles. The van der Waals surface area contributed by atoms with E-state index in [-0.39, 0.29) is 0 Å². The molecule has 1 aromatic heterocycles. The first kappa shape index (κ1) is 7.77. The Morgan fingerprint density at radius 1 is 1.73 bits per heavy atom. The van der Waals surface area contributed by atoms with E-state index in [1.807, 2.05) is 13.0 Å². The van der Waals surface area contributed by atoms with Gasteiger partial charge in [-0.2, -0.15) is 0 Å². The Morgan fingerprint density at radius 3 is 2.91 bits per heavy atom. The van der Waals surface area contributed by atoms with Crippen molar-refractivity contribution in [3.63, 3.8) is 0 Å². The maximum absolute atomic E-state index is 5.40. The summed E-state index contributed by atoms with van der Waals surface area (Å²) in [7, 11) is 0. The van der Waals surface area contributed by atoms with Gasteiger partial charge in [-0.15, -0.1) is 6.42 Å². The molecule has 2 N–H and O–H groups in total. The van der Waals surface area contributed by atoms with Crippen molar-refractivity contribution in [3.8, 4) is 12.3 Å². The summed E-state index contributed by atoms with van der Waals surface area (Å²) in [6.45, 7) is 2.42. The van der Waals surface area contributed by atoms with Gasteiger partial charge in [-0.3, -0.25) is 4.98 Å². The number of pyridine rings is 1. The van der Waals surface area contributed by atoms with Crippen LogP contribution in [0.25, 0.3) is 0 Å². The summed E-state index contributed by atoms with van der Waals surface area (Å²) in [5.74, 6) is 2.54. The largest absolute Gasteiger partial charge is 0.325 e. The predicted molar refractivity (Wildman–Crippen MR) is 44.8 cm³/mol. The number of aryl methyl sites for hydroxylation is 1. The van der Waals surface area contributed by atoms with E-state index in [1.165, 1.54) is 0 Å². The molecule has 1 aromatic rings. The SMILES string of the molecule is C#Cc1cnc(CN)cc1C. The van der Waals surface area contributed by atoms with Crippen molar-refractivity contribution in [2.24, 2.45) is 5.73 Å². The van der Waals surface area contributed by atoms with E-state index < -0.39 is 0 Å². The summed E-state index contributed by atoms with van der Waals surface area (Å²) < 4.78 is 0. The van der Waals surface area contributed by atoms with Crippen LogP contribution in [0.4, 0.5) is 0 Å². The normalized spacial score (nSPS) is 9.18. The molecule has 0 aromatic carbocycles. The third kappa shape index (κ3) is 1.57. The van der Waals surface area contributed by atoms with E-state index >= 15 is 0 Å². The third-order valence-electron chi connectivity index (χ3n) is 1.53. The summed E-state index contributed by atoms with van der Waals surface area (Å²) in [6.07, 6.45) is 6.90. The van der Waals surface area contributed by atoms with E-state index in [2.05, 4.69) is 10.9 Å². The summed E-state index contributed by atoms with van der Waals surface area (Å²) in [5, 5.41) is 0. The summed E-state index contributed by atoms with van der Waals surface area (Å²) in [5.41, 5.74) is 8.17. The zero-order valence-corrected chi connectivity index (χ0v) is 6.46. The molecule has 0 fully saturated rings. The zero-order valence-electron chi connectivity index (χ0n) is 6.46. The van der Waals surface area contributed by atoms with Crippen LogP contribution in [0.15, 0.2) is 12.3 Å². The van der Waals surface area contributed by atoms with Crippen molar-refractivity contribution in [1.82, 2.24) is 4.98 Å². The Hall–Kier alpha value is -1.33. The van der Waals surface area contributed by atoms with Crippen molar-refractivity contribution >= 4 is 0 Å². The van der Waals surface area contributed by atoms with Crippen LogP contribution in [0.3, 0.4) is 0 Å². The molecule has 0 saturated carbocycles. The van der Waals surface area contributed by atoms with Gasteiger partial charge in [0.2, 0.25) is 0 Å². The van der Waals surface area contributed by atoms with Crippen molar-refractivity contribution in [2.75, 3.05) is 0 Å². The first-order valence-corrected chi connectivity index (χ1v) is 3.40. The van der Waals surface area contributed by atoms with Crippen LogP contribution in [0.1, 0.15) is 16.8 Å². The monoisotopic (exact) mass is 146 g/mol. The lowest BCUT2D eigenvalue weighted by molar-refractivity contribution is 0.982. The molecule has 0 aliphatic heterocycles. The minimum atomic E-state index is 0.464. The highest BCUT2D eigenvalue weighted by Crippen LogP contribution is 2.05. The Morgan fingerprint density at radius 2 is 2.45 bits per heavy atom. The quantitative estimate of drug-likeness (QED) is 0.596. The highest BCUT2D eigenvalue weighted by Gasteiger charge is 1.96. The van der Waals surface area contributed by atoms with Gasteiger partial charge in [-0.1, -0.05) is 5.92 Å². The fourth-order valence-corrected chi connectivity index (χ4v) is 0.877. The number of rotatable bonds is 1. The molecule has 56 valence electrons. The number of hydrogen-bond donors (Lipinski definition) is 1. The first-order chi connectivity index (χ1) is 5.27. The lowest BCUT2D eigenvalue weighted by Crippen LogP contribution is -2.00. The van der Waals surface area contributed by atoms with Crippen LogP contribution in [0, 0.1) is 19.3 Å². The molecule has 0 bridgehead atoms. The average Bonchev–Trinajstić information content (AvgIpc) is 2.04. The first-order valence-electron chi connectivity index (χ1n) is 3.40. The summed E-state index contributed by atoms with van der Waals surface area (Å²) >= 11 is 0. The summed E-state index contributed by atoms with van der Waals surface area (Å²) in [6, 6.07) is 1.91. The van der Waals surface area contributed by atoms with Crippen LogP contribution in [-0.4, -0.2) is 4.98 Å². The van der Waals surface area contributed by atoms with Crippen molar-refractivity contribution < 1.29 is 0 Å². The molecular weight excluding hydrogens is 136 g/mol. The molecule has 1 rings (SSSR count). The fraction of sp³-hybridized carbons (Fsp3) is 0.222. The van der Waals surface area contributed by atoms with Crippen LogP contribution >= 0.6 is 0 Å². The Balaban J connectivity index is 3.12. The van der Waals surface area contributed by atoms with Crippen molar-refractivity contribution in [2.45, 2.75) is 13.5 Å².